The minimum atomic E-state index is -0.285. The van der Waals surface area contributed by atoms with Gasteiger partial charge in [-0.1, -0.05) is 20.4 Å². The Morgan fingerprint density at radius 3 is 2.23 bits per heavy atom. The number of hydrogen-bond acceptors (Lipinski definition) is 3. The molecule has 1 aliphatic rings. The van der Waals surface area contributed by atoms with Gasteiger partial charge in [0, 0.05) is 18.8 Å². The first-order valence-electron chi connectivity index (χ1n) is 4.25. The van der Waals surface area contributed by atoms with Crippen molar-refractivity contribution in [3.05, 3.63) is 12.3 Å². The molecule has 0 bridgehead atoms. The highest BCUT2D eigenvalue weighted by atomic mass is 16.7. The van der Waals surface area contributed by atoms with E-state index >= 15 is 0 Å². The number of hydroxylamine groups is 2. The smallest absolute Gasteiger partial charge is 0.263 e. The Balaban J connectivity index is 2.58. The Bertz CT molecular complexity index is 242. The number of imide groups is 1. The highest BCUT2D eigenvalue weighted by Gasteiger charge is 2.31. The van der Waals surface area contributed by atoms with Gasteiger partial charge in [-0.05, 0) is 0 Å². The molecule has 0 aromatic heterocycles. The summed E-state index contributed by atoms with van der Waals surface area (Å²) in [5.74, 6) is -0.0385. The molecule has 1 aliphatic heterocycles. The predicted octanol–water partition coefficient (Wildman–Crippen LogP) is 1.24. The molecular weight excluding hydrogens is 170 g/mol. The molecule has 0 unspecified atom stereocenters. The third kappa shape index (κ3) is 2.08. The van der Waals surface area contributed by atoms with Crippen LogP contribution in [-0.4, -0.2) is 16.9 Å². The van der Waals surface area contributed by atoms with E-state index in [0.29, 0.717) is 5.76 Å². The predicted molar refractivity (Wildman–Crippen MR) is 46.2 cm³/mol. The fraction of sp³-hybridized carbons (Fsp3) is 0.556. The lowest BCUT2D eigenvalue weighted by Gasteiger charge is -2.17. The third-order valence-corrected chi connectivity index (χ3v) is 1.86. The van der Waals surface area contributed by atoms with E-state index in [4.69, 9.17) is 4.84 Å². The second-order valence-electron chi connectivity index (χ2n) is 3.29. The minimum Gasteiger partial charge on any atom is -0.374 e. The number of nitrogens with zero attached hydrogens (tertiary/aromatic N) is 1. The van der Waals surface area contributed by atoms with Crippen LogP contribution in [0.25, 0.3) is 0 Å². The van der Waals surface area contributed by atoms with Crippen LogP contribution in [0.3, 0.4) is 0 Å². The molecule has 1 heterocycles. The molecule has 72 valence electrons. The topological polar surface area (TPSA) is 46.6 Å². The van der Waals surface area contributed by atoms with Crippen LogP contribution >= 0.6 is 0 Å². The Morgan fingerprint density at radius 2 is 1.85 bits per heavy atom. The highest BCUT2D eigenvalue weighted by molar-refractivity contribution is 6.00. The molecule has 4 nitrogen and oxygen atoms in total. The molecule has 0 radical (unpaired) electrons. The average molecular weight is 183 g/mol. The van der Waals surface area contributed by atoms with Crippen LogP contribution in [0.1, 0.15) is 26.7 Å². The first-order chi connectivity index (χ1) is 6.02. The summed E-state index contributed by atoms with van der Waals surface area (Å²) in [4.78, 5) is 27.2. The highest BCUT2D eigenvalue weighted by Crippen LogP contribution is 2.17. The molecule has 1 saturated heterocycles. The Hall–Kier alpha value is -1.32. The van der Waals surface area contributed by atoms with E-state index in [2.05, 4.69) is 6.58 Å². The van der Waals surface area contributed by atoms with Crippen molar-refractivity contribution in [2.75, 3.05) is 0 Å². The number of rotatable bonds is 3. The van der Waals surface area contributed by atoms with Crippen LogP contribution in [0.4, 0.5) is 0 Å². The van der Waals surface area contributed by atoms with Crippen molar-refractivity contribution in [1.29, 1.82) is 0 Å². The van der Waals surface area contributed by atoms with Crippen molar-refractivity contribution in [1.82, 2.24) is 5.06 Å². The van der Waals surface area contributed by atoms with Crippen molar-refractivity contribution in [3.8, 4) is 0 Å². The number of carbonyl (C=O) groups excluding carboxylic acids is 2. The van der Waals surface area contributed by atoms with Gasteiger partial charge in [-0.3, -0.25) is 9.59 Å². The lowest BCUT2D eigenvalue weighted by atomic mass is 10.2. The van der Waals surface area contributed by atoms with Crippen molar-refractivity contribution < 1.29 is 14.4 Å². The van der Waals surface area contributed by atoms with E-state index in [1.165, 1.54) is 0 Å². The molecule has 1 fully saturated rings. The normalized spacial score (nSPS) is 17.0. The first kappa shape index (κ1) is 9.77. The monoisotopic (exact) mass is 183 g/mol. The van der Waals surface area contributed by atoms with E-state index in [1.54, 1.807) is 0 Å². The maximum Gasteiger partial charge on any atom is 0.263 e. The zero-order valence-electron chi connectivity index (χ0n) is 7.87. The van der Waals surface area contributed by atoms with Gasteiger partial charge in [0.1, 0.15) is 5.76 Å². The largest absolute Gasteiger partial charge is 0.374 e. The van der Waals surface area contributed by atoms with Gasteiger partial charge in [0.25, 0.3) is 11.8 Å². The van der Waals surface area contributed by atoms with E-state index in [9.17, 15) is 9.59 Å². The zero-order valence-corrected chi connectivity index (χ0v) is 7.87. The zero-order chi connectivity index (χ0) is 10.0. The first-order valence-corrected chi connectivity index (χ1v) is 4.25. The van der Waals surface area contributed by atoms with Gasteiger partial charge in [0.15, 0.2) is 0 Å². The molecule has 13 heavy (non-hydrogen) atoms. The second kappa shape index (κ2) is 3.60. The van der Waals surface area contributed by atoms with Crippen LogP contribution in [0, 0.1) is 5.92 Å². The van der Waals surface area contributed by atoms with Crippen LogP contribution in [0.2, 0.25) is 0 Å². The fourth-order valence-corrected chi connectivity index (χ4v) is 0.881. The Labute approximate surface area is 77.1 Å². The molecule has 0 aromatic rings. The van der Waals surface area contributed by atoms with Crippen molar-refractivity contribution in [2.45, 2.75) is 26.7 Å². The molecular formula is C9H13NO3. The summed E-state index contributed by atoms with van der Waals surface area (Å²) in [7, 11) is 0. The molecule has 1 rings (SSSR count). The quantitative estimate of drug-likeness (QED) is 0.488. The number of allylic oxidation sites excluding steroid dienone is 1. The molecule has 2 amide bonds. The van der Waals surface area contributed by atoms with Gasteiger partial charge < -0.3 is 4.84 Å². The number of carbonyl (C=O) groups is 2. The summed E-state index contributed by atoms with van der Waals surface area (Å²) in [6.45, 7) is 7.38. The van der Waals surface area contributed by atoms with Crippen molar-refractivity contribution >= 4 is 11.8 Å². The Morgan fingerprint density at radius 1 is 1.38 bits per heavy atom. The van der Waals surface area contributed by atoms with Gasteiger partial charge in [-0.25, -0.2) is 0 Å². The van der Waals surface area contributed by atoms with E-state index in [-0.39, 0.29) is 30.6 Å². The fourth-order valence-electron chi connectivity index (χ4n) is 0.881. The van der Waals surface area contributed by atoms with Gasteiger partial charge in [0.2, 0.25) is 0 Å². The van der Waals surface area contributed by atoms with E-state index in [0.717, 1.165) is 5.06 Å². The minimum absolute atomic E-state index is 0.0983. The van der Waals surface area contributed by atoms with Crippen LogP contribution in [0.15, 0.2) is 12.3 Å². The lowest BCUT2D eigenvalue weighted by molar-refractivity contribution is -0.178. The van der Waals surface area contributed by atoms with Gasteiger partial charge in [-0.2, -0.15) is 0 Å². The average Bonchev–Trinajstić information content (AvgIpc) is 2.35. The van der Waals surface area contributed by atoms with Crippen molar-refractivity contribution in [2.24, 2.45) is 5.92 Å². The molecule has 0 saturated carbocycles. The summed E-state index contributed by atoms with van der Waals surface area (Å²) < 4.78 is 0. The SMILES string of the molecule is C=C(ON1C(=O)CCC1=O)C(C)C. The second-order valence-corrected chi connectivity index (χ2v) is 3.29. The molecule has 4 heteroatoms. The maximum atomic E-state index is 11.1. The van der Waals surface area contributed by atoms with Gasteiger partial charge in [0.05, 0.1) is 0 Å². The summed E-state index contributed by atoms with van der Waals surface area (Å²) in [5, 5.41) is 0.808. The van der Waals surface area contributed by atoms with E-state index in [1.807, 2.05) is 13.8 Å². The van der Waals surface area contributed by atoms with Crippen LogP contribution in [-0.2, 0) is 14.4 Å². The van der Waals surface area contributed by atoms with Gasteiger partial charge in [-0.15, -0.1) is 5.06 Å². The van der Waals surface area contributed by atoms with Crippen LogP contribution < -0.4 is 0 Å². The molecule has 0 aromatic carbocycles. The summed E-state index contributed by atoms with van der Waals surface area (Å²) in [5.41, 5.74) is 0. The maximum absolute atomic E-state index is 11.1. The molecule has 0 atom stereocenters. The van der Waals surface area contributed by atoms with Crippen molar-refractivity contribution in [3.63, 3.8) is 0 Å². The summed E-state index contributed by atoms with van der Waals surface area (Å²) >= 11 is 0. The van der Waals surface area contributed by atoms with Crippen LogP contribution in [0.5, 0.6) is 0 Å². The van der Waals surface area contributed by atoms with Gasteiger partial charge >= 0.3 is 0 Å². The molecule has 0 N–H and O–H groups in total. The number of amides is 2. The lowest BCUT2D eigenvalue weighted by Crippen LogP contribution is -2.29. The number of hydrogen-bond donors (Lipinski definition) is 0. The molecule has 0 aliphatic carbocycles. The standard InChI is InChI=1S/C9H13NO3/c1-6(2)7(3)13-10-8(11)4-5-9(10)12/h6H,3-5H2,1-2H3. The summed E-state index contributed by atoms with van der Waals surface area (Å²) in [6, 6.07) is 0. The third-order valence-electron chi connectivity index (χ3n) is 1.86. The Kier molecular flexibility index (Phi) is 2.70. The molecule has 0 spiro atoms. The van der Waals surface area contributed by atoms with E-state index < -0.39 is 0 Å². The summed E-state index contributed by atoms with van der Waals surface area (Å²) in [6.07, 6.45) is 0.481.